The molecule has 0 spiro atoms. The number of nitrogens with one attached hydrogen (secondary N) is 1. The molecule has 0 bridgehead atoms. The van der Waals surface area contributed by atoms with E-state index in [0.717, 1.165) is 11.1 Å². The Morgan fingerprint density at radius 3 is 2.60 bits per heavy atom. The summed E-state index contributed by atoms with van der Waals surface area (Å²) in [6, 6.07) is 20.4. The van der Waals surface area contributed by atoms with Gasteiger partial charge in [0.05, 0.1) is 18.0 Å². The summed E-state index contributed by atoms with van der Waals surface area (Å²) in [7, 11) is 1.60. The first kappa shape index (κ1) is 19.7. The number of hydrogen-bond donors (Lipinski definition) is 1. The number of para-hydroxylation sites is 1. The fourth-order valence-corrected chi connectivity index (χ4v) is 3.13. The van der Waals surface area contributed by atoms with E-state index in [0.29, 0.717) is 39.9 Å². The number of nitrogens with zero attached hydrogens (tertiary/aromatic N) is 1. The molecular formula is C24H19ClN2O3. The number of aromatic nitrogens is 2. The molecule has 0 saturated carbocycles. The molecule has 0 aliphatic heterocycles. The van der Waals surface area contributed by atoms with Crippen molar-refractivity contribution in [1.82, 2.24) is 9.97 Å². The molecule has 0 saturated heterocycles. The van der Waals surface area contributed by atoms with E-state index in [1.54, 1.807) is 19.3 Å². The lowest BCUT2D eigenvalue weighted by Gasteiger charge is -2.11. The van der Waals surface area contributed by atoms with E-state index in [-0.39, 0.29) is 5.56 Å². The molecule has 6 heteroatoms. The molecule has 0 fully saturated rings. The van der Waals surface area contributed by atoms with E-state index < -0.39 is 0 Å². The van der Waals surface area contributed by atoms with Crippen molar-refractivity contribution >= 4 is 34.7 Å². The Labute approximate surface area is 178 Å². The predicted octanol–water partition coefficient (Wildman–Crippen LogP) is 5.33. The van der Waals surface area contributed by atoms with Crippen LogP contribution in [0.2, 0.25) is 5.02 Å². The zero-order valence-corrected chi connectivity index (χ0v) is 17.0. The minimum absolute atomic E-state index is 0.163. The Morgan fingerprint density at radius 2 is 1.80 bits per heavy atom. The van der Waals surface area contributed by atoms with Crippen LogP contribution < -0.4 is 15.0 Å². The fourth-order valence-electron chi connectivity index (χ4n) is 3.01. The lowest BCUT2D eigenvalue weighted by atomic mass is 10.2. The summed E-state index contributed by atoms with van der Waals surface area (Å²) in [6.07, 6.45) is 3.62. The van der Waals surface area contributed by atoms with Gasteiger partial charge in [-0.3, -0.25) is 4.79 Å². The quantitative estimate of drug-likeness (QED) is 0.459. The van der Waals surface area contributed by atoms with Crippen LogP contribution in [0.1, 0.15) is 17.0 Å². The number of fused-ring (bicyclic) bond motifs is 1. The minimum atomic E-state index is -0.163. The minimum Gasteiger partial charge on any atom is -0.493 e. The second kappa shape index (κ2) is 8.84. The van der Waals surface area contributed by atoms with Crippen molar-refractivity contribution in [3.63, 3.8) is 0 Å². The highest BCUT2D eigenvalue weighted by Gasteiger charge is 2.06. The molecule has 0 unspecified atom stereocenters. The lowest BCUT2D eigenvalue weighted by molar-refractivity contribution is 0.284. The van der Waals surface area contributed by atoms with E-state index >= 15 is 0 Å². The summed E-state index contributed by atoms with van der Waals surface area (Å²) in [5.41, 5.74) is 2.39. The largest absolute Gasteiger partial charge is 0.493 e. The maximum absolute atomic E-state index is 12.2. The first-order valence-electron chi connectivity index (χ1n) is 9.35. The maximum atomic E-state index is 12.2. The van der Waals surface area contributed by atoms with Gasteiger partial charge in [-0.15, -0.1) is 0 Å². The van der Waals surface area contributed by atoms with Crippen LogP contribution in [-0.4, -0.2) is 17.1 Å². The van der Waals surface area contributed by atoms with Crippen molar-refractivity contribution in [2.24, 2.45) is 0 Å². The van der Waals surface area contributed by atoms with E-state index in [4.69, 9.17) is 21.1 Å². The molecule has 0 amide bonds. The van der Waals surface area contributed by atoms with Gasteiger partial charge in [-0.1, -0.05) is 48.0 Å². The molecule has 4 aromatic rings. The highest BCUT2D eigenvalue weighted by Crippen LogP contribution is 2.29. The maximum Gasteiger partial charge on any atom is 0.259 e. The van der Waals surface area contributed by atoms with Gasteiger partial charge in [0, 0.05) is 5.02 Å². The first-order chi connectivity index (χ1) is 14.6. The van der Waals surface area contributed by atoms with Crippen LogP contribution in [0.25, 0.3) is 23.1 Å². The molecule has 0 aliphatic carbocycles. The van der Waals surface area contributed by atoms with Gasteiger partial charge in [0.1, 0.15) is 12.4 Å². The molecule has 5 nitrogen and oxygen atoms in total. The molecule has 1 N–H and O–H groups in total. The molecule has 4 rings (SSSR count). The summed E-state index contributed by atoms with van der Waals surface area (Å²) >= 11 is 5.91. The van der Waals surface area contributed by atoms with Gasteiger partial charge in [0.25, 0.3) is 5.56 Å². The van der Waals surface area contributed by atoms with Crippen molar-refractivity contribution in [2.45, 2.75) is 6.61 Å². The second-order valence-electron chi connectivity index (χ2n) is 6.63. The number of ether oxygens (including phenoxy) is 2. The number of methoxy groups -OCH3 is 1. The molecule has 0 radical (unpaired) electrons. The molecule has 1 aromatic heterocycles. The van der Waals surface area contributed by atoms with Gasteiger partial charge in [-0.25, -0.2) is 4.98 Å². The number of rotatable bonds is 6. The summed E-state index contributed by atoms with van der Waals surface area (Å²) in [4.78, 5) is 19.4. The second-order valence-corrected chi connectivity index (χ2v) is 7.06. The zero-order valence-electron chi connectivity index (χ0n) is 16.3. The molecule has 3 aromatic carbocycles. The third-order valence-corrected chi connectivity index (χ3v) is 4.81. The molecule has 0 atom stereocenters. The molecule has 0 aliphatic rings. The molecule has 30 heavy (non-hydrogen) atoms. The van der Waals surface area contributed by atoms with Gasteiger partial charge >= 0.3 is 0 Å². The standard InChI is InChI=1S/C24H19ClN2O3/c1-29-22-14-16(8-12-21(22)30-15-17-6-10-18(25)11-7-17)9-13-23-26-20-5-3-2-4-19(20)24(28)27-23/h2-14H,15H2,1H3,(H,26,27,28)/b13-9+. The Balaban J connectivity index is 1.52. The van der Waals surface area contributed by atoms with Crippen molar-refractivity contribution in [3.8, 4) is 11.5 Å². The number of benzene rings is 3. The Hall–Kier alpha value is -3.57. The third-order valence-electron chi connectivity index (χ3n) is 4.56. The van der Waals surface area contributed by atoms with Gasteiger partial charge in [0.15, 0.2) is 11.5 Å². The summed E-state index contributed by atoms with van der Waals surface area (Å²) in [5, 5.41) is 1.26. The zero-order chi connectivity index (χ0) is 20.9. The Morgan fingerprint density at radius 1 is 1.00 bits per heavy atom. The van der Waals surface area contributed by atoms with E-state index in [2.05, 4.69) is 9.97 Å². The average molecular weight is 419 g/mol. The van der Waals surface area contributed by atoms with Gasteiger partial charge < -0.3 is 14.5 Å². The monoisotopic (exact) mass is 418 g/mol. The van der Waals surface area contributed by atoms with Gasteiger partial charge in [-0.05, 0) is 53.6 Å². The van der Waals surface area contributed by atoms with Crippen LogP contribution in [0.5, 0.6) is 11.5 Å². The third kappa shape index (κ3) is 4.53. The van der Waals surface area contributed by atoms with Gasteiger partial charge in [0.2, 0.25) is 0 Å². The van der Waals surface area contributed by atoms with Crippen LogP contribution in [-0.2, 0) is 6.61 Å². The Bertz CT molecular complexity index is 1260. The summed E-state index contributed by atoms with van der Waals surface area (Å²) < 4.78 is 11.4. The van der Waals surface area contributed by atoms with Crippen LogP contribution in [0.15, 0.2) is 71.5 Å². The number of halogens is 1. The highest BCUT2D eigenvalue weighted by molar-refractivity contribution is 6.30. The summed E-state index contributed by atoms with van der Waals surface area (Å²) in [6.45, 7) is 0.408. The normalized spacial score (nSPS) is 11.1. The highest BCUT2D eigenvalue weighted by atomic mass is 35.5. The first-order valence-corrected chi connectivity index (χ1v) is 9.72. The lowest BCUT2D eigenvalue weighted by Crippen LogP contribution is -2.09. The molecule has 1 heterocycles. The smallest absolute Gasteiger partial charge is 0.259 e. The fraction of sp³-hybridized carbons (Fsp3) is 0.0833. The van der Waals surface area contributed by atoms with Crippen LogP contribution in [0, 0.1) is 0 Å². The van der Waals surface area contributed by atoms with E-state index in [1.807, 2.05) is 66.7 Å². The number of H-pyrrole nitrogens is 1. The number of hydrogen-bond acceptors (Lipinski definition) is 4. The van der Waals surface area contributed by atoms with Crippen molar-refractivity contribution < 1.29 is 9.47 Å². The SMILES string of the molecule is COc1cc(/C=C/c2nc3ccccc3c(=O)[nH]2)ccc1OCc1ccc(Cl)cc1. The van der Waals surface area contributed by atoms with Crippen molar-refractivity contribution in [2.75, 3.05) is 7.11 Å². The van der Waals surface area contributed by atoms with Gasteiger partial charge in [-0.2, -0.15) is 0 Å². The molecule has 150 valence electrons. The van der Waals surface area contributed by atoms with Crippen LogP contribution >= 0.6 is 11.6 Å². The topological polar surface area (TPSA) is 64.2 Å². The Kier molecular flexibility index (Phi) is 5.82. The van der Waals surface area contributed by atoms with Crippen LogP contribution in [0.3, 0.4) is 0 Å². The summed E-state index contributed by atoms with van der Waals surface area (Å²) in [5.74, 6) is 1.74. The van der Waals surface area contributed by atoms with Crippen LogP contribution in [0.4, 0.5) is 0 Å². The average Bonchev–Trinajstić information content (AvgIpc) is 2.77. The number of aromatic amines is 1. The molecular weight excluding hydrogens is 400 g/mol. The predicted molar refractivity (Wildman–Crippen MR) is 120 cm³/mol. The van der Waals surface area contributed by atoms with E-state index in [1.165, 1.54) is 0 Å². The van der Waals surface area contributed by atoms with Crippen molar-refractivity contribution in [1.29, 1.82) is 0 Å². The van der Waals surface area contributed by atoms with E-state index in [9.17, 15) is 4.79 Å². The van der Waals surface area contributed by atoms with Crippen molar-refractivity contribution in [3.05, 3.63) is 99.1 Å².